The number of benzene rings is 1. The molecule has 1 atom stereocenters. The molecule has 0 radical (unpaired) electrons. The lowest BCUT2D eigenvalue weighted by atomic mass is 10.1. The molecule has 0 aliphatic heterocycles. The maximum atomic E-state index is 5.87. The number of hydrogen-bond acceptors (Lipinski definition) is 3. The summed E-state index contributed by atoms with van der Waals surface area (Å²) in [6.45, 7) is 7.76. The molecule has 1 aromatic carbocycles. The number of rotatable bonds is 6. The van der Waals surface area contributed by atoms with E-state index in [2.05, 4.69) is 36.4 Å². The van der Waals surface area contributed by atoms with Crippen molar-refractivity contribution in [3.8, 4) is 5.75 Å². The molecule has 2 rings (SSSR count). The summed E-state index contributed by atoms with van der Waals surface area (Å²) in [6.07, 6.45) is 0. The Hall–Kier alpha value is -1.81. The lowest BCUT2D eigenvalue weighted by Gasteiger charge is -2.14. The third kappa shape index (κ3) is 3.61. The monoisotopic (exact) mass is 273 g/mol. The van der Waals surface area contributed by atoms with E-state index in [1.54, 1.807) is 0 Å². The normalized spacial score (nSPS) is 12.4. The van der Waals surface area contributed by atoms with Crippen LogP contribution in [0.1, 0.15) is 36.8 Å². The molecule has 1 N–H and O–H groups in total. The third-order valence-corrected chi connectivity index (χ3v) is 3.35. The second-order valence-electron chi connectivity index (χ2n) is 5.04. The topological polar surface area (TPSA) is 39.1 Å². The van der Waals surface area contributed by atoms with Crippen LogP contribution in [0.15, 0.2) is 30.3 Å². The molecule has 4 nitrogen and oxygen atoms in total. The van der Waals surface area contributed by atoms with Gasteiger partial charge in [0.05, 0.1) is 11.4 Å². The summed E-state index contributed by atoms with van der Waals surface area (Å²) in [6, 6.07) is 10.6. The van der Waals surface area contributed by atoms with E-state index in [1.165, 1.54) is 5.56 Å². The third-order valence-electron chi connectivity index (χ3n) is 3.35. The van der Waals surface area contributed by atoms with E-state index < -0.39 is 0 Å². The van der Waals surface area contributed by atoms with Crippen molar-refractivity contribution in [3.63, 3.8) is 0 Å². The van der Waals surface area contributed by atoms with Crippen molar-refractivity contribution in [1.82, 2.24) is 15.1 Å². The van der Waals surface area contributed by atoms with Gasteiger partial charge in [-0.3, -0.25) is 4.68 Å². The molecular weight excluding hydrogens is 250 g/mol. The fraction of sp³-hybridized carbons (Fsp3) is 0.438. The number of nitrogens with zero attached hydrogens (tertiary/aromatic N) is 2. The molecule has 2 aromatic rings. The van der Waals surface area contributed by atoms with Crippen LogP contribution in [-0.2, 0) is 13.7 Å². The first-order valence-corrected chi connectivity index (χ1v) is 7.05. The Kier molecular flexibility index (Phi) is 4.79. The van der Waals surface area contributed by atoms with Gasteiger partial charge in [-0.05, 0) is 44.2 Å². The lowest BCUT2D eigenvalue weighted by molar-refractivity contribution is 0.294. The molecular formula is C16H23N3O. The highest BCUT2D eigenvalue weighted by Gasteiger charge is 2.06. The minimum atomic E-state index is 0.336. The lowest BCUT2D eigenvalue weighted by Crippen LogP contribution is -2.17. The second-order valence-corrected chi connectivity index (χ2v) is 5.04. The average molecular weight is 273 g/mol. The van der Waals surface area contributed by atoms with Gasteiger partial charge in [0.25, 0.3) is 0 Å². The molecule has 0 aliphatic carbocycles. The zero-order valence-electron chi connectivity index (χ0n) is 12.7. The summed E-state index contributed by atoms with van der Waals surface area (Å²) in [5.74, 6) is 0.895. The van der Waals surface area contributed by atoms with Crippen molar-refractivity contribution >= 4 is 0 Å². The summed E-state index contributed by atoms with van der Waals surface area (Å²) < 4.78 is 7.73. The van der Waals surface area contributed by atoms with Crippen LogP contribution in [0.2, 0.25) is 0 Å². The summed E-state index contributed by atoms with van der Waals surface area (Å²) in [5, 5.41) is 7.73. The van der Waals surface area contributed by atoms with Crippen molar-refractivity contribution in [1.29, 1.82) is 0 Å². The van der Waals surface area contributed by atoms with Crippen molar-refractivity contribution in [3.05, 3.63) is 47.3 Å². The van der Waals surface area contributed by atoms with Gasteiger partial charge >= 0.3 is 0 Å². The van der Waals surface area contributed by atoms with Crippen molar-refractivity contribution < 1.29 is 4.74 Å². The second kappa shape index (κ2) is 6.57. The summed E-state index contributed by atoms with van der Waals surface area (Å²) >= 11 is 0. The maximum Gasteiger partial charge on any atom is 0.130 e. The Morgan fingerprint density at radius 2 is 2.15 bits per heavy atom. The van der Waals surface area contributed by atoms with Crippen molar-refractivity contribution in [2.75, 3.05) is 6.54 Å². The number of aromatic nitrogens is 2. The summed E-state index contributed by atoms with van der Waals surface area (Å²) in [5.41, 5.74) is 3.33. The fourth-order valence-corrected chi connectivity index (χ4v) is 2.25. The fourth-order valence-electron chi connectivity index (χ4n) is 2.25. The SMILES string of the molecule is CCNC(C)c1cccc(OCc2cc(C)nn2C)c1. The molecule has 1 aromatic heterocycles. The van der Waals surface area contributed by atoms with Crippen LogP contribution in [0.25, 0.3) is 0 Å². The summed E-state index contributed by atoms with van der Waals surface area (Å²) in [7, 11) is 1.94. The molecule has 20 heavy (non-hydrogen) atoms. The van der Waals surface area contributed by atoms with Gasteiger partial charge < -0.3 is 10.1 Å². The highest BCUT2D eigenvalue weighted by atomic mass is 16.5. The molecule has 1 unspecified atom stereocenters. The van der Waals surface area contributed by atoms with Crippen LogP contribution in [0.3, 0.4) is 0 Å². The average Bonchev–Trinajstić information content (AvgIpc) is 2.75. The smallest absolute Gasteiger partial charge is 0.130 e. The predicted octanol–water partition coefficient (Wildman–Crippen LogP) is 2.98. The van der Waals surface area contributed by atoms with Crippen LogP contribution in [0.4, 0.5) is 0 Å². The molecule has 0 amide bonds. The van der Waals surface area contributed by atoms with Crippen molar-refractivity contribution in [2.24, 2.45) is 7.05 Å². The van der Waals surface area contributed by atoms with Gasteiger partial charge in [0.2, 0.25) is 0 Å². The zero-order valence-corrected chi connectivity index (χ0v) is 12.7. The van der Waals surface area contributed by atoms with E-state index in [-0.39, 0.29) is 0 Å². The van der Waals surface area contributed by atoms with Crippen LogP contribution in [0, 0.1) is 6.92 Å². The first-order valence-electron chi connectivity index (χ1n) is 7.05. The number of nitrogens with one attached hydrogen (secondary N) is 1. The Morgan fingerprint density at radius 1 is 1.35 bits per heavy atom. The first kappa shape index (κ1) is 14.6. The van der Waals surface area contributed by atoms with Gasteiger partial charge in [0, 0.05) is 13.1 Å². The molecule has 0 spiro atoms. The zero-order chi connectivity index (χ0) is 14.5. The van der Waals surface area contributed by atoms with E-state index in [0.717, 1.165) is 23.7 Å². The van der Waals surface area contributed by atoms with Crippen LogP contribution >= 0.6 is 0 Å². The standard InChI is InChI=1S/C16H23N3O/c1-5-17-13(3)14-7-6-8-16(10-14)20-11-15-9-12(2)18-19(15)4/h6-10,13,17H,5,11H2,1-4H3. The quantitative estimate of drug-likeness (QED) is 0.879. The number of hydrogen-bond donors (Lipinski definition) is 1. The van der Waals surface area contributed by atoms with Crippen LogP contribution < -0.4 is 10.1 Å². The molecule has 0 saturated carbocycles. The molecule has 0 saturated heterocycles. The molecule has 0 aliphatic rings. The van der Waals surface area contributed by atoms with Gasteiger partial charge in [-0.2, -0.15) is 5.10 Å². The Bertz CT molecular complexity index is 563. The maximum absolute atomic E-state index is 5.87. The first-order chi connectivity index (χ1) is 9.60. The summed E-state index contributed by atoms with van der Waals surface area (Å²) in [4.78, 5) is 0. The van der Waals surface area contributed by atoms with Gasteiger partial charge in [-0.25, -0.2) is 0 Å². The Labute approximate surface area is 120 Å². The molecule has 108 valence electrons. The van der Waals surface area contributed by atoms with Gasteiger partial charge in [0.1, 0.15) is 12.4 Å². The number of ether oxygens (including phenoxy) is 1. The highest BCUT2D eigenvalue weighted by Crippen LogP contribution is 2.20. The van der Waals surface area contributed by atoms with Gasteiger partial charge in [-0.1, -0.05) is 19.1 Å². The largest absolute Gasteiger partial charge is 0.487 e. The number of aryl methyl sites for hydroxylation is 2. The molecule has 1 heterocycles. The van der Waals surface area contributed by atoms with E-state index in [1.807, 2.05) is 36.9 Å². The van der Waals surface area contributed by atoms with E-state index >= 15 is 0 Å². The molecule has 0 bridgehead atoms. The minimum absolute atomic E-state index is 0.336. The van der Waals surface area contributed by atoms with E-state index in [9.17, 15) is 0 Å². The van der Waals surface area contributed by atoms with Gasteiger partial charge in [-0.15, -0.1) is 0 Å². The minimum Gasteiger partial charge on any atom is -0.487 e. The Morgan fingerprint density at radius 3 is 2.80 bits per heavy atom. The molecule has 0 fully saturated rings. The van der Waals surface area contributed by atoms with E-state index in [4.69, 9.17) is 4.74 Å². The Balaban J connectivity index is 2.03. The highest BCUT2D eigenvalue weighted by molar-refractivity contribution is 5.30. The van der Waals surface area contributed by atoms with Crippen LogP contribution in [0.5, 0.6) is 5.75 Å². The van der Waals surface area contributed by atoms with Gasteiger partial charge in [0.15, 0.2) is 0 Å². The van der Waals surface area contributed by atoms with E-state index in [0.29, 0.717) is 12.6 Å². The van der Waals surface area contributed by atoms with Crippen LogP contribution in [-0.4, -0.2) is 16.3 Å². The predicted molar refractivity (Wildman–Crippen MR) is 80.8 cm³/mol. The molecule has 4 heteroatoms. The van der Waals surface area contributed by atoms with Crippen molar-refractivity contribution in [2.45, 2.75) is 33.4 Å².